The lowest BCUT2D eigenvalue weighted by molar-refractivity contribution is 0.0942. The van der Waals surface area contributed by atoms with Gasteiger partial charge in [-0.25, -0.2) is 0 Å². The number of nitrogens with one attached hydrogen (secondary N) is 2. The first-order valence-corrected chi connectivity index (χ1v) is 8.72. The van der Waals surface area contributed by atoms with E-state index in [-0.39, 0.29) is 5.91 Å². The molecule has 8 heteroatoms. The molecule has 1 amide bonds. The first-order valence-electron chi connectivity index (χ1n) is 6.41. The van der Waals surface area contributed by atoms with Crippen molar-refractivity contribution in [1.82, 2.24) is 5.32 Å². The number of anilines is 1. The van der Waals surface area contributed by atoms with Crippen molar-refractivity contribution < 1.29 is 4.79 Å². The van der Waals surface area contributed by atoms with Crippen molar-refractivity contribution in [2.24, 2.45) is 0 Å². The molecule has 2 N–H and O–H groups in total. The lowest BCUT2D eigenvalue weighted by atomic mass is 10.2. The monoisotopic (exact) mass is 454 g/mol. The van der Waals surface area contributed by atoms with Crippen molar-refractivity contribution in [2.45, 2.75) is 9.96 Å². The topological polar surface area (TPSA) is 41.1 Å². The van der Waals surface area contributed by atoms with Crippen LogP contribution >= 0.6 is 62.3 Å². The fraction of sp³-hybridized carbons (Fsp3) is 0.133. The van der Waals surface area contributed by atoms with Crippen molar-refractivity contribution in [3.63, 3.8) is 0 Å². The number of hydrogen-bond donors (Lipinski definition) is 2. The number of para-hydroxylation sites is 1. The Morgan fingerprint density at radius 3 is 2.22 bits per heavy atom. The predicted octanol–water partition coefficient (Wildman–Crippen LogP) is 5.64. The third-order valence-corrected chi connectivity index (χ3v) is 4.40. The first kappa shape index (κ1) is 18.7. The largest absolute Gasteiger partial charge is 0.361 e. The molecule has 0 heterocycles. The molecule has 0 radical (unpaired) electrons. The minimum absolute atomic E-state index is 0.381. The Kier molecular flexibility index (Phi) is 6.46. The highest BCUT2D eigenvalue weighted by Gasteiger charge is 2.34. The zero-order valence-electron chi connectivity index (χ0n) is 11.5. The second-order valence-electron chi connectivity index (χ2n) is 4.58. The third-order valence-electron chi connectivity index (χ3n) is 2.88. The average molecular weight is 457 g/mol. The van der Waals surface area contributed by atoms with Crippen molar-refractivity contribution in [3.05, 3.63) is 63.6 Å². The predicted molar refractivity (Wildman–Crippen MR) is 101 cm³/mol. The molecule has 0 saturated carbocycles. The van der Waals surface area contributed by atoms with Gasteiger partial charge in [-0.3, -0.25) is 4.79 Å². The molecule has 0 unspecified atom stereocenters. The summed E-state index contributed by atoms with van der Waals surface area (Å²) in [5.41, 5.74) is 0.981. The molecule has 0 aliphatic heterocycles. The van der Waals surface area contributed by atoms with Gasteiger partial charge in [0.25, 0.3) is 5.91 Å². The Morgan fingerprint density at radius 1 is 1.04 bits per heavy atom. The smallest absolute Gasteiger partial charge is 0.252 e. The van der Waals surface area contributed by atoms with Crippen LogP contribution in [0.5, 0.6) is 0 Å². The van der Waals surface area contributed by atoms with Crippen molar-refractivity contribution in [2.75, 3.05) is 5.32 Å². The molecule has 2 aromatic rings. The molecule has 0 aliphatic carbocycles. The number of carbonyl (C=O) groups excluding carboxylic acids is 1. The Balaban J connectivity index is 2.18. The Labute approximate surface area is 162 Å². The van der Waals surface area contributed by atoms with E-state index in [1.807, 2.05) is 0 Å². The summed E-state index contributed by atoms with van der Waals surface area (Å²) in [7, 11) is 0. The Morgan fingerprint density at radius 2 is 1.65 bits per heavy atom. The van der Waals surface area contributed by atoms with Crippen LogP contribution in [0.2, 0.25) is 5.02 Å². The fourth-order valence-electron chi connectivity index (χ4n) is 1.75. The van der Waals surface area contributed by atoms with Crippen molar-refractivity contribution in [3.8, 4) is 0 Å². The number of rotatable bonds is 4. The van der Waals surface area contributed by atoms with Gasteiger partial charge in [-0.1, -0.05) is 74.5 Å². The summed E-state index contributed by atoms with van der Waals surface area (Å²) in [6, 6.07) is 13.8. The van der Waals surface area contributed by atoms with Gasteiger partial charge in [-0.05, 0) is 36.4 Å². The van der Waals surface area contributed by atoms with E-state index in [0.29, 0.717) is 16.3 Å². The maximum atomic E-state index is 12.3. The van der Waals surface area contributed by atoms with Gasteiger partial charge in [0.15, 0.2) is 0 Å². The average Bonchev–Trinajstić information content (AvgIpc) is 2.48. The second kappa shape index (κ2) is 7.95. The van der Waals surface area contributed by atoms with Crippen molar-refractivity contribution >= 4 is 73.9 Å². The molecule has 122 valence electrons. The maximum Gasteiger partial charge on any atom is 0.252 e. The molecule has 0 aliphatic rings. The zero-order chi connectivity index (χ0) is 17.0. The quantitative estimate of drug-likeness (QED) is 0.461. The highest BCUT2D eigenvalue weighted by molar-refractivity contribution is 9.10. The number of amides is 1. The van der Waals surface area contributed by atoms with E-state index in [1.54, 1.807) is 48.5 Å². The molecule has 2 rings (SSSR count). The minimum Gasteiger partial charge on any atom is -0.361 e. The van der Waals surface area contributed by atoms with Gasteiger partial charge in [-0.2, -0.15) is 0 Å². The molecule has 0 bridgehead atoms. The van der Waals surface area contributed by atoms with E-state index in [1.165, 1.54) is 0 Å². The van der Waals surface area contributed by atoms with E-state index in [2.05, 4.69) is 26.6 Å². The SMILES string of the molecule is O=C(N[C@@H](Nc1ccccc1Cl)C(Cl)(Cl)Cl)c1ccc(Br)cc1. The normalized spacial score (nSPS) is 12.6. The summed E-state index contributed by atoms with van der Waals surface area (Å²) in [6.45, 7) is 0. The lowest BCUT2D eigenvalue weighted by Crippen LogP contribution is -2.49. The summed E-state index contributed by atoms with van der Waals surface area (Å²) in [5, 5.41) is 6.03. The van der Waals surface area contributed by atoms with E-state index in [4.69, 9.17) is 46.4 Å². The first-order chi connectivity index (χ1) is 10.8. The standard InChI is InChI=1S/C15H11BrCl4N2O/c16-10-7-5-9(6-8-10)13(23)22-14(15(18,19)20)21-12-4-2-1-3-11(12)17/h1-8,14,21H,(H,22,23)/t14-/m1/s1. The Bertz CT molecular complexity index is 689. The highest BCUT2D eigenvalue weighted by atomic mass is 79.9. The number of halogens is 5. The molecule has 23 heavy (non-hydrogen) atoms. The summed E-state index contributed by atoms with van der Waals surface area (Å²) in [5.74, 6) is -0.381. The van der Waals surface area contributed by atoms with Crippen LogP contribution < -0.4 is 10.6 Å². The van der Waals surface area contributed by atoms with Crippen LogP contribution in [0.3, 0.4) is 0 Å². The van der Waals surface area contributed by atoms with Gasteiger partial charge in [0.2, 0.25) is 3.79 Å². The van der Waals surface area contributed by atoms with E-state index < -0.39 is 9.96 Å². The number of hydrogen-bond acceptors (Lipinski definition) is 2. The van der Waals surface area contributed by atoms with Crippen LogP contribution in [-0.2, 0) is 0 Å². The van der Waals surface area contributed by atoms with Crippen molar-refractivity contribution in [1.29, 1.82) is 0 Å². The second-order valence-corrected chi connectivity index (χ2v) is 8.27. The molecular formula is C15H11BrCl4N2O. The number of carbonyl (C=O) groups is 1. The summed E-state index contributed by atoms with van der Waals surface area (Å²) >= 11 is 27.3. The van der Waals surface area contributed by atoms with E-state index in [9.17, 15) is 4.79 Å². The summed E-state index contributed by atoms with van der Waals surface area (Å²) in [6.07, 6.45) is -0.969. The van der Waals surface area contributed by atoms with Crippen LogP contribution in [0.15, 0.2) is 53.0 Å². The van der Waals surface area contributed by atoms with Gasteiger partial charge in [0.05, 0.1) is 10.7 Å². The lowest BCUT2D eigenvalue weighted by Gasteiger charge is -2.27. The maximum absolute atomic E-state index is 12.3. The van der Waals surface area contributed by atoms with E-state index in [0.717, 1.165) is 4.47 Å². The molecule has 0 fully saturated rings. The molecule has 3 nitrogen and oxygen atoms in total. The molecule has 0 spiro atoms. The number of benzene rings is 2. The zero-order valence-corrected chi connectivity index (χ0v) is 16.1. The van der Waals surface area contributed by atoms with Crippen LogP contribution in [-0.4, -0.2) is 15.9 Å². The van der Waals surface area contributed by atoms with Gasteiger partial charge < -0.3 is 10.6 Å². The summed E-state index contributed by atoms with van der Waals surface area (Å²) in [4.78, 5) is 12.3. The molecule has 1 atom stereocenters. The van der Waals surface area contributed by atoms with Gasteiger partial charge in [0, 0.05) is 10.0 Å². The van der Waals surface area contributed by atoms with Gasteiger partial charge >= 0.3 is 0 Å². The number of alkyl halides is 3. The minimum atomic E-state index is -1.77. The van der Waals surface area contributed by atoms with Crippen LogP contribution in [0.4, 0.5) is 5.69 Å². The molecule has 2 aromatic carbocycles. The Hall–Kier alpha value is -0.650. The third kappa shape index (κ3) is 5.44. The van der Waals surface area contributed by atoms with E-state index >= 15 is 0 Å². The van der Waals surface area contributed by atoms with Gasteiger partial charge in [0.1, 0.15) is 6.17 Å². The van der Waals surface area contributed by atoms with Crippen LogP contribution in [0.1, 0.15) is 10.4 Å². The summed E-state index contributed by atoms with van der Waals surface area (Å²) < 4.78 is -0.911. The van der Waals surface area contributed by atoms with Crippen LogP contribution in [0, 0.1) is 0 Å². The molecule has 0 saturated heterocycles. The fourth-order valence-corrected chi connectivity index (χ4v) is 2.53. The van der Waals surface area contributed by atoms with Gasteiger partial charge in [-0.15, -0.1) is 0 Å². The van der Waals surface area contributed by atoms with Crippen LogP contribution in [0.25, 0.3) is 0 Å². The molecule has 0 aromatic heterocycles. The molecular weight excluding hydrogens is 446 g/mol. The highest BCUT2D eigenvalue weighted by Crippen LogP contribution is 2.32.